The molecule has 1 aromatic heterocycles. The van der Waals surface area contributed by atoms with E-state index in [1.807, 2.05) is 6.92 Å². The van der Waals surface area contributed by atoms with Gasteiger partial charge in [-0.25, -0.2) is 9.89 Å². The van der Waals surface area contributed by atoms with Crippen molar-refractivity contribution in [3.05, 3.63) is 20.8 Å². The fraction of sp³-hybridized carbons (Fsp3) is 0.667. The highest BCUT2D eigenvalue weighted by atomic mass is 16.5. The van der Waals surface area contributed by atoms with Gasteiger partial charge in [0.1, 0.15) is 0 Å². The molecule has 0 spiro atoms. The Labute approximate surface area is 96.8 Å². The highest BCUT2D eigenvalue weighted by molar-refractivity contribution is 5.34. The molecule has 1 fully saturated rings. The lowest BCUT2D eigenvalue weighted by molar-refractivity contribution is 0.0272. The molecule has 0 amide bonds. The number of nitrogens with zero attached hydrogens (tertiary/aromatic N) is 2. The van der Waals surface area contributed by atoms with Crippen molar-refractivity contribution in [2.75, 3.05) is 24.6 Å². The summed E-state index contributed by atoms with van der Waals surface area (Å²) in [6, 6.07) is -0.125. The summed E-state index contributed by atoms with van der Waals surface area (Å²) >= 11 is 0. The average Bonchev–Trinajstić information content (AvgIpc) is 2.29. The first-order valence-corrected chi connectivity index (χ1v) is 5.39. The molecule has 2 atom stereocenters. The van der Waals surface area contributed by atoms with Crippen molar-refractivity contribution >= 4 is 5.82 Å². The van der Waals surface area contributed by atoms with Crippen LogP contribution in [0.3, 0.4) is 0 Å². The van der Waals surface area contributed by atoms with Crippen LogP contribution in [0.2, 0.25) is 0 Å². The monoisotopic (exact) mass is 241 g/mol. The first-order valence-electron chi connectivity index (χ1n) is 5.39. The van der Waals surface area contributed by atoms with E-state index in [0.29, 0.717) is 19.7 Å². The normalized spacial score (nSPS) is 22.5. The van der Waals surface area contributed by atoms with Crippen LogP contribution in [-0.4, -0.2) is 47.0 Å². The molecule has 4 N–H and O–H groups in total. The van der Waals surface area contributed by atoms with Crippen molar-refractivity contribution in [1.29, 1.82) is 0 Å². The number of hydrogen-bond donors (Lipinski definition) is 3. The number of hydrogen-bond acceptors (Lipinski definition) is 6. The summed E-state index contributed by atoms with van der Waals surface area (Å²) in [4.78, 5) is 26.3. The Hall–Kier alpha value is -1.67. The Kier molecular flexibility index (Phi) is 3.25. The topological polar surface area (TPSA) is 117 Å². The third-order valence-corrected chi connectivity index (χ3v) is 2.67. The quantitative estimate of drug-likeness (QED) is 0.552. The molecule has 1 aliphatic rings. The minimum Gasteiger partial charge on any atom is -0.373 e. The van der Waals surface area contributed by atoms with Crippen molar-refractivity contribution in [3.63, 3.8) is 0 Å². The van der Waals surface area contributed by atoms with Gasteiger partial charge in [0.25, 0.3) is 5.56 Å². The highest BCUT2D eigenvalue weighted by Gasteiger charge is 2.25. The average molecular weight is 241 g/mol. The van der Waals surface area contributed by atoms with Gasteiger partial charge in [0.05, 0.1) is 12.7 Å². The third kappa shape index (κ3) is 2.53. The molecule has 8 heteroatoms. The Morgan fingerprint density at radius 1 is 1.59 bits per heavy atom. The second kappa shape index (κ2) is 4.68. The fourth-order valence-electron chi connectivity index (χ4n) is 1.74. The van der Waals surface area contributed by atoms with Crippen molar-refractivity contribution in [3.8, 4) is 0 Å². The largest absolute Gasteiger partial charge is 0.373 e. The Bertz CT molecular complexity index is 494. The second-order valence-electron chi connectivity index (χ2n) is 4.04. The van der Waals surface area contributed by atoms with Crippen LogP contribution in [0.5, 0.6) is 0 Å². The number of morpholine rings is 1. The summed E-state index contributed by atoms with van der Waals surface area (Å²) < 4.78 is 5.48. The van der Waals surface area contributed by atoms with Gasteiger partial charge < -0.3 is 15.4 Å². The zero-order valence-corrected chi connectivity index (χ0v) is 9.47. The van der Waals surface area contributed by atoms with E-state index in [-0.39, 0.29) is 18.0 Å². The zero-order chi connectivity index (χ0) is 12.4. The molecule has 0 radical (unpaired) electrons. The molecule has 2 unspecified atom stereocenters. The fourth-order valence-corrected chi connectivity index (χ4v) is 1.74. The van der Waals surface area contributed by atoms with Crippen LogP contribution < -0.4 is 21.9 Å². The van der Waals surface area contributed by atoms with E-state index >= 15 is 0 Å². The Morgan fingerprint density at radius 2 is 2.35 bits per heavy atom. The van der Waals surface area contributed by atoms with Crippen molar-refractivity contribution < 1.29 is 4.74 Å². The molecule has 1 saturated heterocycles. The van der Waals surface area contributed by atoms with Gasteiger partial charge in [0.2, 0.25) is 5.82 Å². The van der Waals surface area contributed by atoms with Gasteiger partial charge >= 0.3 is 5.69 Å². The van der Waals surface area contributed by atoms with Crippen LogP contribution in [0, 0.1) is 0 Å². The molecule has 2 rings (SSSR count). The molecular formula is C9H15N5O3. The molecule has 1 aliphatic heterocycles. The highest BCUT2D eigenvalue weighted by Crippen LogP contribution is 2.11. The smallest absolute Gasteiger partial charge is 0.342 e. The van der Waals surface area contributed by atoms with Crippen LogP contribution in [0.15, 0.2) is 9.59 Å². The predicted molar refractivity (Wildman–Crippen MR) is 61.1 cm³/mol. The number of aromatic nitrogens is 3. The van der Waals surface area contributed by atoms with Crippen LogP contribution in [0.25, 0.3) is 0 Å². The van der Waals surface area contributed by atoms with Gasteiger partial charge in [-0.05, 0) is 6.92 Å². The summed E-state index contributed by atoms with van der Waals surface area (Å²) in [7, 11) is 0. The maximum absolute atomic E-state index is 11.6. The number of anilines is 1. The van der Waals surface area contributed by atoms with Crippen molar-refractivity contribution in [2.24, 2.45) is 5.73 Å². The Balaban J connectivity index is 2.22. The third-order valence-electron chi connectivity index (χ3n) is 2.67. The maximum atomic E-state index is 11.6. The van der Waals surface area contributed by atoms with Crippen LogP contribution in [0.1, 0.15) is 6.92 Å². The van der Waals surface area contributed by atoms with Gasteiger partial charge in [-0.15, -0.1) is 5.10 Å². The number of rotatable bonds is 2. The van der Waals surface area contributed by atoms with Gasteiger partial charge in [-0.2, -0.15) is 0 Å². The molecule has 0 saturated carbocycles. The molecule has 94 valence electrons. The SMILES string of the molecule is CC(N)C1CN(c2n[nH]c(=O)[nH]c2=O)CCO1. The van der Waals surface area contributed by atoms with E-state index < -0.39 is 11.2 Å². The first-order chi connectivity index (χ1) is 8.08. The lowest BCUT2D eigenvalue weighted by Gasteiger charge is -2.34. The standard InChI is InChI=1S/C9H15N5O3/c1-5(10)6-4-14(2-3-17-6)7-8(15)11-9(16)13-12-7/h5-6H,2-4,10H2,1H3,(H2,11,13,15,16). The number of ether oxygens (including phenoxy) is 1. The molecule has 0 aliphatic carbocycles. The minimum atomic E-state index is -0.615. The zero-order valence-electron chi connectivity index (χ0n) is 9.47. The van der Waals surface area contributed by atoms with Gasteiger partial charge in [0.15, 0.2) is 0 Å². The summed E-state index contributed by atoms with van der Waals surface area (Å²) in [5.41, 5.74) is 4.64. The number of H-pyrrole nitrogens is 2. The minimum absolute atomic E-state index is 0.125. The van der Waals surface area contributed by atoms with Crippen LogP contribution >= 0.6 is 0 Å². The van der Waals surface area contributed by atoms with Crippen molar-refractivity contribution in [2.45, 2.75) is 19.1 Å². The molecule has 1 aromatic rings. The van der Waals surface area contributed by atoms with E-state index in [2.05, 4.69) is 15.2 Å². The van der Waals surface area contributed by atoms with E-state index in [4.69, 9.17) is 10.5 Å². The Morgan fingerprint density at radius 3 is 3.00 bits per heavy atom. The summed E-state index contributed by atoms with van der Waals surface area (Å²) in [6.07, 6.45) is -0.142. The lowest BCUT2D eigenvalue weighted by atomic mass is 10.1. The summed E-state index contributed by atoms with van der Waals surface area (Å²) in [5, 5.41) is 5.95. The number of nitrogens with two attached hydrogens (primary N) is 1. The number of nitrogens with one attached hydrogen (secondary N) is 2. The van der Waals surface area contributed by atoms with Crippen LogP contribution in [-0.2, 0) is 4.74 Å². The molecule has 2 heterocycles. The molecule has 17 heavy (non-hydrogen) atoms. The van der Waals surface area contributed by atoms with Crippen molar-refractivity contribution in [1.82, 2.24) is 15.2 Å². The van der Waals surface area contributed by atoms with Gasteiger partial charge in [-0.1, -0.05) is 0 Å². The van der Waals surface area contributed by atoms with E-state index in [0.717, 1.165) is 0 Å². The predicted octanol–water partition coefficient (Wildman–Crippen LogP) is -1.99. The van der Waals surface area contributed by atoms with E-state index in [9.17, 15) is 9.59 Å². The summed E-state index contributed by atoms with van der Waals surface area (Å²) in [6.45, 7) is 3.36. The second-order valence-corrected chi connectivity index (χ2v) is 4.04. The maximum Gasteiger partial charge on any atom is 0.342 e. The van der Waals surface area contributed by atoms with E-state index in [1.165, 1.54) is 0 Å². The summed E-state index contributed by atoms with van der Waals surface area (Å²) in [5.74, 6) is 0.193. The van der Waals surface area contributed by atoms with E-state index in [1.54, 1.807) is 4.90 Å². The molecule has 0 aromatic carbocycles. The lowest BCUT2D eigenvalue weighted by Crippen LogP contribution is -2.51. The van der Waals surface area contributed by atoms with Gasteiger partial charge in [0, 0.05) is 19.1 Å². The molecule has 8 nitrogen and oxygen atoms in total. The molecular weight excluding hydrogens is 226 g/mol. The number of aromatic amines is 2. The van der Waals surface area contributed by atoms with Crippen LogP contribution in [0.4, 0.5) is 5.82 Å². The van der Waals surface area contributed by atoms with Gasteiger partial charge in [-0.3, -0.25) is 9.78 Å². The molecule has 0 bridgehead atoms. The first kappa shape index (κ1) is 11.8.